The lowest BCUT2D eigenvalue weighted by molar-refractivity contribution is 0.215. The fraction of sp³-hybridized carbons (Fsp3) is 0.455. The average Bonchev–Trinajstić information content (AvgIpc) is 2.11. The minimum atomic E-state index is -0.541. The van der Waals surface area contributed by atoms with Gasteiger partial charge in [0.2, 0.25) is 0 Å². The lowest BCUT2D eigenvalue weighted by Gasteiger charge is -2.23. The number of halogens is 2. The molecular weight excluding hydrogens is 247 g/mol. The molecule has 0 aliphatic rings. The molecular formula is C11H14BrFO. The summed E-state index contributed by atoms with van der Waals surface area (Å²) in [4.78, 5) is 0. The van der Waals surface area contributed by atoms with Crippen LogP contribution in [0.25, 0.3) is 0 Å². The molecule has 1 rings (SSSR count). The summed E-state index contributed by atoms with van der Waals surface area (Å²) < 4.78 is 14.5. The second kappa shape index (κ2) is 3.99. The second-order valence-corrected chi connectivity index (χ2v) is 4.98. The van der Waals surface area contributed by atoms with Gasteiger partial charge in [0.15, 0.2) is 0 Å². The highest BCUT2D eigenvalue weighted by atomic mass is 79.9. The molecule has 1 aromatic carbocycles. The van der Waals surface area contributed by atoms with Gasteiger partial charge in [-0.2, -0.15) is 0 Å². The minimum Gasteiger partial charge on any atom is -0.395 e. The summed E-state index contributed by atoms with van der Waals surface area (Å²) in [6.45, 7) is 5.39. The first-order valence-corrected chi connectivity index (χ1v) is 5.25. The Balaban J connectivity index is 3.29. The maximum Gasteiger partial charge on any atom is 0.127 e. The van der Waals surface area contributed by atoms with Gasteiger partial charge in [-0.3, -0.25) is 0 Å². The van der Waals surface area contributed by atoms with Crippen LogP contribution in [0.5, 0.6) is 0 Å². The van der Waals surface area contributed by atoms with Gasteiger partial charge in [-0.15, -0.1) is 0 Å². The molecule has 0 heterocycles. The summed E-state index contributed by atoms with van der Waals surface area (Å²) in [5.74, 6) is -0.259. The van der Waals surface area contributed by atoms with E-state index in [-0.39, 0.29) is 12.4 Å². The van der Waals surface area contributed by atoms with E-state index in [4.69, 9.17) is 5.11 Å². The van der Waals surface area contributed by atoms with E-state index in [1.54, 1.807) is 6.07 Å². The number of hydrogen-bond acceptors (Lipinski definition) is 1. The summed E-state index contributed by atoms with van der Waals surface area (Å²) in [5, 5.41) is 9.15. The van der Waals surface area contributed by atoms with E-state index in [1.807, 2.05) is 20.8 Å². The molecule has 0 radical (unpaired) electrons. The number of hydrogen-bond donors (Lipinski definition) is 1. The van der Waals surface area contributed by atoms with Gasteiger partial charge in [0.05, 0.1) is 6.61 Å². The lowest BCUT2D eigenvalue weighted by atomic mass is 9.85. The Morgan fingerprint density at radius 3 is 2.50 bits per heavy atom. The fourth-order valence-electron chi connectivity index (χ4n) is 1.25. The Bertz CT molecular complexity index is 347. The van der Waals surface area contributed by atoms with Crippen molar-refractivity contribution in [1.29, 1.82) is 0 Å². The molecule has 0 saturated heterocycles. The predicted molar refractivity (Wildman–Crippen MR) is 58.9 cm³/mol. The largest absolute Gasteiger partial charge is 0.395 e. The van der Waals surface area contributed by atoms with E-state index in [1.165, 1.54) is 6.07 Å². The van der Waals surface area contributed by atoms with Crippen molar-refractivity contribution in [2.24, 2.45) is 0 Å². The molecule has 0 atom stereocenters. The fourth-order valence-corrected chi connectivity index (χ4v) is 1.59. The van der Waals surface area contributed by atoms with E-state index in [0.29, 0.717) is 5.56 Å². The van der Waals surface area contributed by atoms with Crippen molar-refractivity contribution in [2.75, 3.05) is 6.61 Å². The number of rotatable bonds is 2. The first kappa shape index (κ1) is 11.7. The first-order chi connectivity index (χ1) is 6.38. The minimum absolute atomic E-state index is 0.0700. The van der Waals surface area contributed by atoms with E-state index >= 15 is 0 Å². The van der Waals surface area contributed by atoms with Crippen LogP contribution in [0.4, 0.5) is 4.39 Å². The van der Waals surface area contributed by atoms with Crippen LogP contribution in [-0.2, 0) is 5.41 Å². The highest BCUT2D eigenvalue weighted by Gasteiger charge is 2.23. The maximum absolute atomic E-state index is 13.6. The van der Waals surface area contributed by atoms with E-state index in [0.717, 1.165) is 10.0 Å². The molecule has 0 saturated carbocycles. The SMILES string of the molecule is Cc1cc(F)c(C(C)(C)CO)cc1Br. The zero-order valence-electron chi connectivity index (χ0n) is 8.56. The molecule has 1 aromatic rings. The average molecular weight is 261 g/mol. The molecule has 0 aliphatic heterocycles. The third-order valence-corrected chi connectivity index (χ3v) is 3.23. The quantitative estimate of drug-likeness (QED) is 0.866. The predicted octanol–water partition coefficient (Wildman–Crippen LogP) is 3.17. The van der Waals surface area contributed by atoms with Crippen molar-refractivity contribution in [1.82, 2.24) is 0 Å². The summed E-state index contributed by atoms with van der Waals surface area (Å²) in [6.07, 6.45) is 0. The van der Waals surface area contributed by atoms with Crippen LogP contribution in [0.3, 0.4) is 0 Å². The van der Waals surface area contributed by atoms with Gasteiger partial charge in [-0.05, 0) is 30.2 Å². The van der Waals surface area contributed by atoms with Crippen LogP contribution >= 0.6 is 15.9 Å². The molecule has 0 spiro atoms. The van der Waals surface area contributed by atoms with Gasteiger partial charge in [0.25, 0.3) is 0 Å². The second-order valence-electron chi connectivity index (χ2n) is 4.12. The molecule has 0 amide bonds. The van der Waals surface area contributed by atoms with Crippen LogP contribution in [-0.4, -0.2) is 11.7 Å². The highest BCUT2D eigenvalue weighted by Crippen LogP contribution is 2.29. The topological polar surface area (TPSA) is 20.2 Å². The molecule has 0 aliphatic carbocycles. The van der Waals surface area contributed by atoms with Gasteiger partial charge in [0, 0.05) is 9.89 Å². The van der Waals surface area contributed by atoms with Crippen molar-refractivity contribution < 1.29 is 9.50 Å². The summed E-state index contributed by atoms with van der Waals surface area (Å²) in [6, 6.07) is 3.22. The highest BCUT2D eigenvalue weighted by molar-refractivity contribution is 9.10. The molecule has 3 heteroatoms. The Hall–Kier alpha value is -0.410. The smallest absolute Gasteiger partial charge is 0.127 e. The molecule has 0 fully saturated rings. The first-order valence-electron chi connectivity index (χ1n) is 4.45. The molecule has 0 unspecified atom stereocenters. The summed E-state index contributed by atoms with van der Waals surface area (Å²) in [5.41, 5.74) is 0.859. The van der Waals surface area contributed by atoms with Crippen molar-refractivity contribution >= 4 is 15.9 Å². The number of aliphatic hydroxyl groups is 1. The van der Waals surface area contributed by atoms with Crippen molar-refractivity contribution in [3.63, 3.8) is 0 Å². The number of aryl methyl sites for hydroxylation is 1. The van der Waals surface area contributed by atoms with Crippen LogP contribution in [0.1, 0.15) is 25.0 Å². The van der Waals surface area contributed by atoms with E-state index in [2.05, 4.69) is 15.9 Å². The normalized spacial score (nSPS) is 11.9. The van der Waals surface area contributed by atoms with Crippen LogP contribution in [0.2, 0.25) is 0 Å². The number of benzene rings is 1. The van der Waals surface area contributed by atoms with Crippen molar-refractivity contribution in [3.05, 3.63) is 33.5 Å². The number of aliphatic hydroxyl groups excluding tert-OH is 1. The maximum atomic E-state index is 13.6. The van der Waals surface area contributed by atoms with E-state index < -0.39 is 5.41 Å². The summed E-state index contributed by atoms with van der Waals surface area (Å²) >= 11 is 3.35. The van der Waals surface area contributed by atoms with Crippen LogP contribution in [0, 0.1) is 12.7 Å². The molecule has 78 valence electrons. The Kier molecular flexibility index (Phi) is 3.32. The molecule has 0 bridgehead atoms. The third kappa shape index (κ3) is 2.15. The third-order valence-electron chi connectivity index (χ3n) is 2.37. The van der Waals surface area contributed by atoms with Crippen LogP contribution in [0.15, 0.2) is 16.6 Å². The van der Waals surface area contributed by atoms with Gasteiger partial charge in [-0.25, -0.2) is 4.39 Å². The van der Waals surface area contributed by atoms with Crippen molar-refractivity contribution in [3.8, 4) is 0 Å². The summed E-state index contributed by atoms with van der Waals surface area (Å²) in [7, 11) is 0. The van der Waals surface area contributed by atoms with Gasteiger partial charge in [0.1, 0.15) is 5.82 Å². The van der Waals surface area contributed by atoms with Crippen molar-refractivity contribution in [2.45, 2.75) is 26.2 Å². The molecule has 14 heavy (non-hydrogen) atoms. The van der Waals surface area contributed by atoms with Crippen LogP contribution < -0.4 is 0 Å². The lowest BCUT2D eigenvalue weighted by Crippen LogP contribution is -2.23. The Morgan fingerprint density at radius 1 is 1.43 bits per heavy atom. The Labute approximate surface area is 92.1 Å². The van der Waals surface area contributed by atoms with Gasteiger partial charge >= 0.3 is 0 Å². The monoisotopic (exact) mass is 260 g/mol. The van der Waals surface area contributed by atoms with E-state index in [9.17, 15) is 4.39 Å². The molecule has 1 N–H and O–H groups in total. The van der Waals surface area contributed by atoms with Gasteiger partial charge in [-0.1, -0.05) is 29.8 Å². The standard InChI is InChI=1S/C11H14BrFO/c1-7-4-10(13)8(5-9(7)12)11(2,3)6-14/h4-5,14H,6H2,1-3H3. The zero-order valence-corrected chi connectivity index (χ0v) is 10.2. The molecule has 0 aromatic heterocycles. The van der Waals surface area contributed by atoms with Gasteiger partial charge < -0.3 is 5.11 Å². The Morgan fingerprint density at radius 2 is 2.00 bits per heavy atom. The molecule has 1 nitrogen and oxygen atoms in total. The zero-order chi connectivity index (χ0) is 10.9.